The summed E-state index contributed by atoms with van der Waals surface area (Å²) in [6.45, 7) is 3.11. The molecule has 0 aromatic heterocycles. The van der Waals surface area contributed by atoms with E-state index in [1.807, 2.05) is 18.2 Å². The minimum absolute atomic E-state index is 0.744. The molecule has 3 heteroatoms. The van der Waals surface area contributed by atoms with Crippen LogP contribution in [0.25, 0.3) is 0 Å². The number of nitrogens with one attached hydrogen (secondary N) is 1. The van der Waals surface area contributed by atoms with Gasteiger partial charge in [0.05, 0.1) is 0 Å². The standard InChI is InChI=1S/C18H21NOS/c1-13-11-16(10-7-14(13)12-19-15-8-9-15)20-17-5-3-4-6-18(17)21-2/h3-7,10-11,15,19H,8-9,12H2,1-2H3. The fourth-order valence-corrected chi connectivity index (χ4v) is 2.83. The number of aryl methyl sites for hydroxylation is 1. The van der Waals surface area contributed by atoms with Crippen LogP contribution in [0.2, 0.25) is 0 Å². The quantitative estimate of drug-likeness (QED) is 0.777. The van der Waals surface area contributed by atoms with Crippen LogP contribution in [0.15, 0.2) is 47.4 Å². The zero-order chi connectivity index (χ0) is 14.7. The molecule has 21 heavy (non-hydrogen) atoms. The highest BCUT2D eigenvalue weighted by atomic mass is 32.2. The number of rotatable bonds is 6. The molecule has 2 nitrogen and oxygen atoms in total. The van der Waals surface area contributed by atoms with Crippen LogP contribution < -0.4 is 10.1 Å². The van der Waals surface area contributed by atoms with E-state index in [9.17, 15) is 0 Å². The molecule has 0 amide bonds. The molecule has 110 valence electrons. The van der Waals surface area contributed by atoms with Gasteiger partial charge in [-0.05, 0) is 61.4 Å². The van der Waals surface area contributed by atoms with Crippen molar-refractivity contribution in [2.75, 3.05) is 6.26 Å². The van der Waals surface area contributed by atoms with Crippen LogP contribution in [0.3, 0.4) is 0 Å². The molecular formula is C18H21NOS. The first-order valence-electron chi connectivity index (χ1n) is 7.40. The van der Waals surface area contributed by atoms with E-state index in [0.29, 0.717) is 0 Å². The van der Waals surface area contributed by atoms with Gasteiger partial charge in [0.2, 0.25) is 0 Å². The Bertz CT molecular complexity index is 622. The van der Waals surface area contributed by atoms with Crippen molar-refractivity contribution in [1.29, 1.82) is 0 Å². The average molecular weight is 299 g/mol. The number of para-hydroxylation sites is 1. The molecule has 0 spiro atoms. The number of ether oxygens (including phenoxy) is 1. The lowest BCUT2D eigenvalue weighted by Crippen LogP contribution is -2.15. The highest BCUT2D eigenvalue weighted by molar-refractivity contribution is 7.98. The van der Waals surface area contributed by atoms with Crippen LogP contribution >= 0.6 is 11.8 Å². The third-order valence-corrected chi connectivity index (χ3v) is 4.55. The van der Waals surface area contributed by atoms with E-state index in [1.54, 1.807) is 11.8 Å². The molecule has 0 bridgehead atoms. The Hall–Kier alpha value is -1.45. The molecule has 0 unspecified atom stereocenters. The van der Waals surface area contributed by atoms with Gasteiger partial charge >= 0.3 is 0 Å². The molecule has 1 saturated carbocycles. The van der Waals surface area contributed by atoms with Crippen molar-refractivity contribution in [3.8, 4) is 11.5 Å². The fraction of sp³-hybridized carbons (Fsp3) is 0.333. The van der Waals surface area contributed by atoms with E-state index >= 15 is 0 Å². The van der Waals surface area contributed by atoms with Crippen LogP contribution in [-0.4, -0.2) is 12.3 Å². The van der Waals surface area contributed by atoms with Gasteiger partial charge in [-0.3, -0.25) is 0 Å². The predicted molar refractivity (Wildman–Crippen MR) is 89.3 cm³/mol. The van der Waals surface area contributed by atoms with Crippen molar-refractivity contribution >= 4 is 11.8 Å². The van der Waals surface area contributed by atoms with Crippen LogP contribution in [-0.2, 0) is 6.54 Å². The lowest BCUT2D eigenvalue weighted by atomic mass is 10.1. The number of hydrogen-bond donors (Lipinski definition) is 1. The maximum atomic E-state index is 6.03. The Labute approximate surface area is 130 Å². The summed E-state index contributed by atoms with van der Waals surface area (Å²) in [5, 5.41) is 3.56. The number of thioether (sulfide) groups is 1. The van der Waals surface area contributed by atoms with E-state index in [4.69, 9.17) is 4.74 Å². The largest absolute Gasteiger partial charge is 0.456 e. The van der Waals surface area contributed by atoms with Gasteiger partial charge in [0.15, 0.2) is 0 Å². The SMILES string of the molecule is CSc1ccccc1Oc1ccc(CNC2CC2)c(C)c1. The molecule has 2 aromatic carbocycles. The summed E-state index contributed by atoms with van der Waals surface area (Å²) in [4.78, 5) is 1.16. The summed E-state index contributed by atoms with van der Waals surface area (Å²) in [6.07, 6.45) is 4.72. The van der Waals surface area contributed by atoms with Crippen molar-refractivity contribution in [3.05, 3.63) is 53.6 Å². The predicted octanol–water partition coefficient (Wildman–Crippen LogP) is 4.76. The average Bonchev–Trinajstić information content (AvgIpc) is 3.31. The monoisotopic (exact) mass is 299 g/mol. The molecular weight excluding hydrogens is 278 g/mol. The molecule has 1 fully saturated rings. The van der Waals surface area contributed by atoms with Gasteiger partial charge in [-0.2, -0.15) is 0 Å². The van der Waals surface area contributed by atoms with Gasteiger partial charge in [-0.15, -0.1) is 11.8 Å². The van der Waals surface area contributed by atoms with Crippen molar-refractivity contribution < 1.29 is 4.74 Å². The lowest BCUT2D eigenvalue weighted by Gasteiger charge is -2.12. The van der Waals surface area contributed by atoms with E-state index < -0.39 is 0 Å². The Morgan fingerprint density at radius 3 is 2.71 bits per heavy atom. The Balaban J connectivity index is 1.71. The second-order valence-corrected chi connectivity index (χ2v) is 6.34. The summed E-state index contributed by atoms with van der Waals surface area (Å²) < 4.78 is 6.03. The second kappa shape index (κ2) is 6.54. The van der Waals surface area contributed by atoms with Crippen molar-refractivity contribution in [2.45, 2.75) is 37.2 Å². The summed E-state index contributed by atoms with van der Waals surface area (Å²) in [5.74, 6) is 1.83. The Morgan fingerprint density at radius 1 is 1.19 bits per heavy atom. The van der Waals surface area contributed by atoms with Gasteiger partial charge in [0.1, 0.15) is 11.5 Å². The highest BCUT2D eigenvalue weighted by Gasteiger charge is 2.20. The van der Waals surface area contributed by atoms with E-state index in [1.165, 1.54) is 24.0 Å². The fourth-order valence-electron chi connectivity index (χ4n) is 2.30. The molecule has 3 rings (SSSR count). The van der Waals surface area contributed by atoms with Crippen LogP contribution in [0.5, 0.6) is 11.5 Å². The molecule has 1 aliphatic carbocycles. The van der Waals surface area contributed by atoms with Crippen LogP contribution in [0.1, 0.15) is 24.0 Å². The van der Waals surface area contributed by atoms with E-state index in [-0.39, 0.29) is 0 Å². The second-order valence-electron chi connectivity index (χ2n) is 5.50. The number of benzene rings is 2. The first-order chi connectivity index (χ1) is 10.3. The van der Waals surface area contributed by atoms with Crippen LogP contribution in [0.4, 0.5) is 0 Å². The zero-order valence-electron chi connectivity index (χ0n) is 12.6. The third-order valence-electron chi connectivity index (χ3n) is 3.77. The third kappa shape index (κ3) is 3.80. The normalized spacial score (nSPS) is 14.2. The van der Waals surface area contributed by atoms with Gasteiger partial charge < -0.3 is 10.1 Å². The van der Waals surface area contributed by atoms with E-state index in [2.05, 4.69) is 42.8 Å². The van der Waals surface area contributed by atoms with Crippen molar-refractivity contribution in [3.63, 3.8) is 0 Å². The van der Waals surface area contributed by atoms with Crippen molar-refractivity contribution in [2.24, 2.45) is 0 Å². The Morgan fingerprint density at radius 2 is 2.00 bits per heavy atom. The Kier molecular flexibility index (Phi) is 4.51. The minimum atomic E-state index is 0.744. The van der Waals surface area contributed by atoms with E-state index in [0.717, 1.165) is 29.0 Å². The molecule has 1 aliphatic rings. The van der Waals surface area contributed by atoms with Crippen molar-refractivity contribution in [1.82, 2.24) is 5.32 Å². The molecule has 1 N–H and O–H groups in total. The molecule has 0 saturated heterocycles. The van der Waals surface area contributed by atoms with Gasteiger partial charge in [-0.25, -0.2) is 0 Å². The van der Waals surface area contributed by atoms with Crippen LogP contribution in [0, 0.1) is 6.92 Å². The zero-order valence-corrected chi connectivity index (χ0v) is 13.4. The topological polar surface area (TPSA) is 21.3 Å². The summed E-state index contributed by atoms with van der Waals surface area (Å²) in [7, 11) is 0. The molecule has 0 radical (unpaired) electrons. The smallest absolute Gasteiger partial charge is 0.140 e. The molecule has 0 atom stereocenters. The summed E-state index contributed by atoms with van der Waals surface area (Å²) in [5.41, 5.74) is 2.63. The number of hydrogen-bond acceptors (Lipinski definition) is 3. The first-order valence-corrected chi connectivity index (χ1v) is 8.62. The molecule has 0 aliphatic heterocycles. The lowest BCUT2D eigenvalue weighted by molar-refractivity contribution is 0.470. The maximum Gasteiger partial charge on any atom is 0.140 e. The highest BCUT2D eigenvalue weighted by Crippen LogP contribution is 2.32. The maximum absolute atomic E-state index is 6.03. The first kappa shape index (κ1) is 14.5. The summed E-state index contributed by atoms with van der Waals surface area (Å²) in [6, 6.07) is 15.3. The van der Waals surface area contributed by atoms with Gasteiger partial charge in [0, 0.05) is 17.5 Å². The van der Waals surface area contributed by atoms with Gasteiger partial charge in [0.25, 0.3) is 0 Å². The van der Waals surface area contributed by atoms with Gasteiger partial charge in [-0.1, -0.05) is 18.2 Å². The molecule has 0 heterocycles. The molecule has 2 aromatic rings. The minimum Gasteiger partial charge on any atom is -0.456 e. The summed E-state index contributed by atoms with van der Waals surface area (Å²) >= 11 is 1.71.